The van der Waals surface area contributed by atoms with Crippen LogP contribution in [0.25, 0.3) is 5.78 Å². The van der Waals surface area contributed by atoms with Gasteiger partial charge in [-0.2, -0.15) is 0 Å². The molecule has 0 bridgehead atoms. The number of hydrogen-bond acceptors (Lipinski definition) is 4. The summed E-state index contributed by atoms with van der Waals surface area (Å²) >= 11 is 0. The molecule has 2 saturated carbocycles. The lowest BCUT2D eigenvalue weighted by Gasteiger charge is -2.59. The molecule has 3 heterocycles. The molecule has 0 spiro atoms. The number of nitrogens with one attached hydrogen (secondary N) is 1. The molecule has 2 aromatic rings. The van der Waals surface area contributed by atoms with Gasteiger partial charge < -0.3 is 10.2 Å². The number of imidazole rings is 1. The van der Waals surface area contributed by atoms with Gasteiger partial charge in [0, 0.05) is 49.1 Å². The fourth-order valence-corrected chi connectivity index (χ4v) is 8.81. The first-order valence-electron chi connectivity index (χ1n) is 13.3. The Morgan fingerprint density at radius 1 is 1.20 bits per heavy atom. The van der Waals surface area contributed by atoms with Crippen molar-refractivity contribution in [2.75, 3.05) is 7.05 Å². The highest BCUT2D eigenvalue weighted by Gasteiger charge is 2.61. The predicted molar refractivity (Wildman–Crippen MR) is 133 cm³/mol. The van der Waals surface area contributed by atoms with Crippen LogP contribution in [0.2, 0.25) is 0 Å². The van der Waals surface area contributed by atoms with Crippen LogP contribution in [0.5, 0.6) is 0 Å². The summed E-state index contributed by atoms with van der Waals surface area (Å²) in [5, 5.41) is 3.21. The van der Waals surface area contributed by atoms with E-state index in [1.54, 1.807) is 6.20 Å². The van der Waals surface area contributed by atoms with E-state index in [1.807, 2.05) is 34.8 Å². The number of hydrogen-bond donors (Lipinski definition) is 1. The molecule has 2 aromatic heterocycles. The smallest absolute Gasteiger partial charge is 0.233 e. The van der Waals surface area contributed by atoms with Crippen molar-refractivity contribution in [2.24, 2.45) is 34.5 Å². The van der Waals surface area contributed by atoms with E-state index < -0.39 is 0 Å². The summed E-state index contributed by atoms with van der Waals surface area (Å²) in [5.74, 6) is 2.91. The van der Waals surface area contributed by atoms with E-state index in [0.29, 0.717) is 36.5 Å². The van der Waals surface area contributed by atoms with E-state index in [9.17, 15) is 9.59 Å². The first kappa shape index (κ1) is 22.7. The third kappa shape index (κ3) is 3.30. The predicted octanol–water partition coefficient (Wildman–Crippen LogP) is 4.34. The van der Waals surface area contributed by atoms with Gasteiger partial charge in [-0.15, -0.1) is 0 Å². The largest absolute Gasteiger partial charge is 0.350 e. The van der Waals surface area contributed by atoms with Crippen molar-refractivity contribution in [3.8, 4) is 0 Å². The van der Waals surface area contributed by atoms with Crippen LogP contribution in [-0.4, -0.2) is 38.1 Å². The van der Waals surface area contributed by atoms with Crippen LogP contribution in [0.4, 0.5) is 0 Å². The highest BCUT2D eigenvalue weighted by atomic mass is 16.2. The lowest BCUT2D eigenvalue weighted by molar-refractivity contribution is -0.138. The molecule has 0 unspecified atom stereocenters. The number of carbonyl (C=O) groups is 2. The van der Waals surface area contributed by atoms with Crippen molar-refractivity contribution in [3.63, 3.8) is 0 Å². The average Bonchev–Trinajstić information content (AvgIpc) is 3.40. The number of likely N-dealkylation sites (tertiary alicyclic amines) is 1. The first-order valence-corrected chi connectivity index (χ1v) is 13.3. The Morgan fingerprint density at radius 2 is 2.03 bits per heavy atom. The van der Waals surface area contributed by atoms with Crippen LogP contribution in [0.15, 0.2) is 35.9 Å². The Balaban J connectivity index is 1.21. The standard InChI is InChI=1S/C28H37N5O2/c1-17-14-19-20-6-7-22(25(35)30-15-18-16-33-13-5-12-29-26(33)31-18)27(20,2)10-8-21(19)28(3)11-9-23(34)32(4)24(17)28/h5,12-13,16,19-22H,6-11,14-15H2,1-4H3,(H,30,35)/t19-,20-,21-,22+,27-,28+/m0/s1. The summed E-state index contributed by atoms with van der Waals surface area (Å²) in [6, 6.07) is 1.88. The van der Waals surface area contributed by atoms with Crippen molar-refractivity contribution >= 4 is 17.6 Å². The molecule has 7 nitrogen and oxygen atoms in total. The van der Waals surface area contributed by atoms with Crippen molar-refractivity contribution in [1.82, 2.24) is 24.6 Å². The van der Waals surface area contributed by atoms with Crippen LogP contribution in [0.3, 0.4) is 0 Å². The van der Waals surface area contributed by atoms with Crippen molar-refractivity contribution in [1.29, 1.82) is 0 Å². The van der Waals surface area contributed by atoms with E-state index >= 15 is 0 Å². The molecule has 186 valence electrons. The van der Waals surface area contributed by atoms with Gasteiger partial charge in [-0.3, -0.25) is 14.0 Å². The average molecular weight is 476 g/mol. The molecule has 0 aromatic carbocycles. The first-order chi connectivity index (χ1) is 16.7. The lowest BCUT2D eigenvalue weighted by atomic mass is 9.48. The van der Waals surface area contributed by atoms with E-state index in [1.165, 1.54) is 11.3 Å². The molecule has 6 rings (SSSR count). The summed E-state index contributed by atoms with van der Waals surface area (Å²) in [6.45, 7) is 7.48. The second-order valence-corrected chi connectivity index (χ2v) is 12.0. The molecule has 35 heavy (non-hydrogen) atoms. The maximum absolute atomic E-state index is 13.5. The molecular formula is C28H37N5O2. The summed E-state index contributed by atoms with van der Waals surface area (Å²) in [7, 11) is 1.97. The van der Waals surface area contributed by atoms with Crippen LogP contribution >= 0.6 is 0 Å². The number of piperidine rings is 1. The normalized spacial score (nSPS) is 36.7. The number of nitrogens with zero attached hydrogens (tertiary/aromatic N) is 4. The van der Waals surface area contributed by atoms with Gasteiger partial charge >= 0.3 is 0 Å². The van der Waals surface area contributed by atoms with Gasteiger partial charge in [0.1, 0.15) is 0 Å². The van der Waals surface area contributed by atoms with Gasteiger partial charge in [0.25, 0.3) is 0 Å². The minimum absolute atomic E-state index is 0.0379. The number of carbonyl (C=O) groups excluding carboxylic acids is 2. The van der Waals surface area contributed by atoms with Crippen LogP contribution in [0, 0.1) is 34.5 Å². The van der Waals surface area contributed by atoms with Gasteiger partial charge in [0.05, 0.1) is 12.2 Å². The molecule has 1 N–H and O–H groups in total. The highest BCUT2D eigenvalue weighted by molar-refractivity contribution is 5.80. The van der Waals surface area contributed by atoms with E-state index in [4.69, 9.17) is 0 Å². The van der Waals surface area contributed by atoms with Crippen molar-refractivity contribution in [3.05, 3.63) is 41.6 Å². The molecule has 6 atom stereocenters. The summed E-state index contributed by atoms with van der Waals surface area (Å²) < 4.78 is 1.89. The van der Waals surface area contributed by atoms with Crippen LogP contribution in [-0.2, 0) is 16.1 Å². The maximum atomic E-state index is 13.5. The zero-order valence-electron chi connectivity index (χ0n) is 21.4. The number of amides is 2. The molecule has 4 aliphatic rings. The summed E-state index contributed by atoms with van der Waals surface area (Å²) in [4.78, 5) is 36.7. The Morgan fingerprint density at radius 3 is 2.83 bits per heavy atom. The SMILES string of the molecule is CC1=C2N(C)C(=O)CC[C@]2(C)[C@H]2CC[C@]3(C)[C@@H](C(=O)NCc4cn5cccnc5n4)CC[C@H]3[C@@H]2C1. The topological polar surface area (TPSA) is 79.6 Å². The quantitative estimate of drug-likeness (QED) is 0.716. The zero-order valence-corrected chi connectivity index (χ0v) is 21.4. The fraction of sp³-hybridized carbons (Fsp3) is 0.643. The minimum Gasteiger partial charge on any atom is -0.350 e. The Hall–Kier alpha value is -2.70. The van der Waals surface area contributed by atoms with Gasteiger partial charge in [-0.1, -0.05) is 19.4 Å². The van der Waals surface area contributed by atoms with Crippen molar-refractivity contribution < 1.29 is 9.59 Å². The summed E-state index contributed by atoms with van der Waals surface area (Å²) in [6.07, 6.45) is 12.6. The molecule has 3 aliphatic carbocycles. The number of allylic oxidation sites excluding steroid dienone is 2. The molecule has 1 saturated heterocycles. The van der Waals surface area contributed by atoms with E-state index in [0.717, 1.165) is 44.2 Å². The van der Waals surface area contributed by atoms with Gasteiger partial charge in [0.2, 0.25) is 17.6 Å². The Kier molecular flexibility index (Phi) is 5.14. The molecule has 2 amide bonds. The lowest BCUT2D eigenvalue weighted by Crippen LogP contribution is -2.55. The molecular weight excluding hydrogens is 438 g/mol. The molecule has 0 radical (unpaired) electrons. The Bertz CT molecular complexity index is 1200. The van der Waals surface area contributed by atoms with E-state index in [2.05, 4.69) is 36.1 Å². The number of fused-ring (bicyclic) bond motifs is 6. The highest BCUT2D eigenvalue weighted by Crippen LogP contribution is 2.66. The van der Waals surface area contributed by atoms with Gasteiger partial charge in [0.15, 0.2) is 0 Å². The second kappa shape index (κ2) is 7.90. The third-order valence-corrected chi connectivity index (χ3v) is 10.4. The third-order valence-electron chi connectivity index (χ3n) is 10.4. The van der Waals surface area contributed by atoms with Crippen molar-refractivity contribution in [2.45, 2.75) is 72.3 Å². The van der Waals surface area contributed by atoms with Gasteiger partial charge in [-0.25, -0.2) is 9.97 Å². The Labute approximate surface area is 207 Å². The zero-order chi connectivity index (χ0) is 24.5. The van der Waals surface area contributed by atoms with Crippen LogP contribution < -0.4 is 5.32 Å². The molecule has 7 heteroatoms. The van der Waals surface area contributed by atoms with Crippen LogP contribution in [0.1, 0.15) is 71.4 Å². The molecule has 3 fully saturated rings. The minimum atomic E-state index is 0.0379. The fourth-order valence-electron chi connectivity index (χ4n) is 8.81. The molecule has 1 aliphatic heterocycles. The second-order valence-electron chi connectivity index (χ2n) is 12.0. The number of aromatic nitrogens is 3. The maximum Gasteiger partial charge on any atom is 0.233 e. The van der Waals surface area contributed by atoms with E-state index in [-0.39, 0.29) is 28.6 Å². The van der Waals surface area contributed by atoms with Gasteiger partial charge in [-0.05, 0) is 74.7 Å². The number of rotatable bonds is 3. The summed E-state index contributed by atoms with van der Waals surface area (Å²) in [5.41, 5.74) is 3.64. The monoisotopic (exact) mass is 475 g/mol.